The van der Waals surface area contributed by atoms with Gasteiger partial charge in [-0.25, -0.2) is 15.1 Å². The molecule has 146 valence electrons. The third-order valence-electron chi connectivity index (χ3n) is 4.93. The molecule has 2 aromatic carbocycles. The largest absolute Gasteiger partial charge is 0.494 e. The topological polar surface area (TPSA) is 89.8 Å². The van der Waals surface area contributed by atoms with Gasteiger partial charge in [-0.15, -0.1) is 4.52 Å². The summed E-state index contributed by atoms with van der Waals surface area (Å²) < 4.78 is 12.4. The van der Waals surface area contributed by atoms with E-state index in [1.54, 1.807) is 32.2 Å². The van der Waals surface area contributed by atoms with Crippen molar-refractivity contribution in [3.63, 3.8) is 0 Å². The summed E-state index contributed by atoms with van der Waals surface area (Å²) in [6, 6.07) is 14.7. The second-order valence-corrected chi connectivity index (χ2v) is 6.68. The third-order valence-corrected chi connectivity index (χ3v) is 4.93. The van der Waals surface area contributed by atoms with E-state index >= 15 is 0 Å². The van der Waals surface area contributed by atoms with Gasteiger partial charge in [0.25, 0.3) is 5.82 Å². The van der Waals surface area contributed by atoms with Gasteiger partial charge in [0.15, 0.2) is 16.7 Å². The first-order chi connectivity index (χ1) is 14.6. The summed E-state index contributed by atoms with van der Waals surface area (Å²) in [5.41, 5.74) is 3.08. The van der Waals surface area contributed by atoms with E-state index in [4.69, 9.17) is 15.7 Å². The van der Waals surface area contributed by atoms with E-state index in [1.165, 1.54) is 4.52 Å². The normalized spacial score (nSPS) is 11.1. The quantitative estimate of drug-likeness (QED) is 0.457. The summed E-state index contributed by atoms with van der Waals surface area (Å²) in [6.07, 6.45) is 0. The lowest BCUT2D eigenvalue weighted by molar-refractivity contribution is 0.419. The zero-order valence-electron chi connectivity index (χ0n) is 16.1. The Kier molecular flexibility index (Phi) is 3.89. The molecule has 0 aliphatic carbocycles. The molecule has 5 aromatic rings. The van der Waals surface area contributed by atoms with Crippen molar-refractivity contribution in [1.82, 2.24) is 19.6 Å². The first kappa shape index (κ1) is 17.7. The number of benzene rings is 2. The fourth-order valence-corrected chi connectivity index (χ4v) is 3.56. The number of nitrogens with zero attached hydrogens (tertiary/aromatic N) is 4. The highest BCUT2D eigenvalue weighted by molar-refractivity contribution is 5.88. The average Bonchev–Trinajstić information content (AvgIpc) is 3.35. The molecule has 8 heteroatoms. The lowest BCUT2D eigenvalue weighted by Gasteiger charge is -2.03. The molecule has 5 rings (SSSR count). The number of hydrogen-bond donors (Lipinski definition) is 1. The van der Waals surface area contributed by atoms with Gasteiger partial charge in [0.1, 0.15) is 11.3 Å². The van der Waals surface area contributed by atoms with E-state index < -0.39 is 5.56 Å². The molecule has 0 radical (unpaired) electrons. The number of aromatic nitrogens is 4. The third kappa shape index (κ3) is 2.49. The summed E-state index contributed by atoms with van der Waals surface area (Å²) in [5, 5.41) is 2.87. The molecule has 0 aliphatic heterocycles. The van der Waals surface area contributed by atoms with Gasteiger partial charge in [0.05, 0.1) is 18.4 Å². The summed E-state index contributed by atoms with van der Waals surface area (Å²) in [7, 11) is 1.55. The predicted octanol–water partition coefficient (Wildman–Crippen LogP) is 4.37. The number of oxazole rings is 1. The summed E-state index contributed by atoms with van der Waals surface area (Å²) in [5.74, 6) is 0.941. The van der Waals surface area contributed by atoms with E-state index in [0.717, 1.165) is 5.56 Å². The summed E-state index contributed by atoms with van der Waals surface area (Å²) in [4.78, 5) is 26.0. The zero-order chi connectivity index (χ0) is 20.8. The van der Waals surface area contributed by atoms with Crippen molar-refractivity contribution in [2.75, 3.05) is 7.11 Å². The highest BCUT2D eigenvalue weighted by Gasteiger charge is 2.24. The van der Waals surface area contributed by atoms with E-state index in [1.807, 2.05) is 30.3 Å². The van der Waals surface area contributed by atoms with Crippen molar-refractivity contribution in [3.8, 4) is 28.3 Å². The average molecular weight is 397 g/mol. The Morgan fingerprint density at radius 3 is 2.63 bits per heavy atom. The molecule has 0 atom stereocenters. The molecule has 0 aliphatic rings. The van der Waals surface area contributed by atoms with Crippen molar-refractivity contribution >= 4 is 22.6 Å². The molecule has 3 aromatic heterocycles. The molecule has 0 unspecified atom stereocenters. The molecule has 1 N–H and O–H groups in total. The SMILES string of the molecule is [C-]#[N+]c1[nH]n2c(=O)c(-c3nc4c(OC)cccc4o3)c(C)nc2c1-c1ccccc1. The van der Waals surface area contributed by atoms with Gasteiger partial charge in [-0.05, 0) is 24.6 Å². The van der Waals surface area contributed by atoms with Crippen molar-refractivity contribution in [1.29, 1.82) is 0 Å². The van der Waals surface area contributed by atoms with Crippen LogP contribution in [0.3, 0.4) is 0 Å². The molecule has 0 saturated heterocycles. The minimum absolute atomic E-state index is 0.152. The Balaban J connectivity index is 1.80. The Morgan fingerprint density at radius 1 is 1.10 bits per heavy atom. The van der Waals surface area contributed by atoms with Crippen molar-refractivity contribution in [2.45, 2.75) is 6.92 Å². The highest BCUT2D eigenvalue weighted by Crippen LogP contribution is 2.34. The maximum Gasteiger partial charge on any atom is 0.301 e. The summed E-state index contributed by atoms with van der Waals surface area (Å²) >= 11 is 0. The van der Waals surface area contributed by atoms with Gasteiger partial charge in [0.2, 0.25) is 5.89 Å². The van der Waals surface area contributed by atoms with Gasteiger partial charge in [-0.3, -0.25) is 4.79 Å². The lowest BCUT2D eigenvalue weighted by atomic mass is 10.1. The Labute approximate surface area is 170 Å². The molecule has 0 fully saturated rings. The Hall–Kier alpha value is -4.38. The van der Waals surface area contributed by atoms with Crippen LogP contribution in [0.4, 0.5) is 5.82 Å². The van der Waals surface area contributed by atoms with Crippen LogP contribution in [0.15, 0.2) is 57.7 Å². The van der Waals surface area contributed by atoms with Crippen LogP contribution in [0.1, 0.15) is 5.69 Å². The number of ether oxygens (including phenoxy) is 1. The minimum atomic E-state index is -0.393. The van der Waals surface area contributed by atoms with Crippen LogP contribution >= 0.6 is 0 Å². The molecule has 0 saturated carbocycles. The van der Waals surface area contributed by atoms with Crippen molar-refractivity contribution < 1.29 is 9.15 Å². The van der Waals surface area contributed by atoms with Crippen LogP contribution in [-0.2, 0) is 0 Å². The number of methoxy groups -OCH3 is 1. The van der Waals surface area contributed by atoms with Crippen LogP contribution in [0.25, 0.3) is 44.2 Å². The number of fused-ring (bicyclic) bond motifs is 2. The van der Waals surface area contributed by atoms with Crippen molar-refractivity contribution in [3.05, 3.63) is 76.0 Å². The van der Waals surface area contributed by atoms with E-state index in [0.29, 0.717) is 33.8 Å². The van der Waals surface area contributed by atoms with Gasteiger partial charge < -0.3 is 14.0 Å². The lowest BCUT2D eigenvalue weighted by Crippen LogP contribution is -2.19. The fourth-order valence-electron chi connectivity index (χ4n) is 3.56. The molecule has 8 nitrogen and oxygen atoms in total. The zero-order valence-corrected chi connectivity index (χ0v) is 16.1. The molecular weight excluding hydrogens is 382 g/mol. The standard InChI is InChI=1S/C22H15N5O3/c1-12-16(21-25-18-14(29-3)10-7-11-15(18)30-21)22(28)27-20(24-12)17(19(23-2)26-27)13-8-5-4-6-9-13/h4-11,26H,1,3H3. The first-order valence-corrected chi connectivity index (χ1v) is 9.14. The molecule has 0 amide bonds. The number of aromatic amines is 1. The maximum atomic E-state index is 13.4. The van der Waals surface area contributed by atoms with Gasteiger partial charge in [-0.2, -0.15) is 0 Å². The second kappa shape index (κ2) is 6.60. The molecule has 0 bridgehead atoms. The number of rotatable bonds is 3. The van der Waals surface area contributed by atoms with E-state index in [-0.39, 0.29) is 17.3 Å². The molecule has 3 heterocycles. The Morgan fingerprint density at radius 2 is 1.90 bits per heavy atom. The molecule has 0 spiro atoms. The number of aryl methyl sites for hydroxylation is 1. The number of nitrogens with one attached hydrogen (secondary N) is 1. The number of H-pyrrole nitrogens is 1. The summed E-state index contributed by atoms with van der Waals surface area (Å²) in [6.45, 7) is 9.26. The fraction of sp³-hybridized carbons (Fsp3) is 0.0909. The maximum absolute atomic E-state index is 13.4. The van der Waals surface area contributed by atoms with Gasteiger partial charge >= 0.3 is 5.56 Å². The second-order valence-electron chi connectivity index (χ2n) is 6.68. The monoisotopic (exact) mass is 397 g/mol. The van der Waals surface area contributed by atoms with Crippen LogP contribution in [-0.4, -0.2) is 26.7 Å². The Bertz CT molecular complexity index is 1520. The number of para-hydroxylation sites is 1. The van der Waals surface area contributed by atoms with Gasteiger partial charge in [0, 0.05) is 0 Å². The minimum Gasteiger partial charge on any atom is -0.494 e. The van der Waals surface area contributed by atoms with Crippen LogP contribution in [0.5, 0.6) is 5.75 Å². The number of hydrogen-bond acceptors (Lipinski definition) is 5. The van der Waals surface area contributed by atoms with Crippen LogP contribution in [0.2, 0.25) is 0 Å². The smallest absolute Gasteiger partial charge is 0.301 e. The van der Waals surface area contributed by atoms with Crippen molar-refractivity contribution in [2.24, 2.45) is 0 Å². The van der Waals surface area contributed by atoms with E-state index in [9.17, 15) is 4.79 Å². The van der Waals surface area contributed by atoms with Crippen LogP contribution < -0.4 is 10.3 Å². The first-order valence-electron chi connectivity index (χ1n) is 9.14. The predicted molar refractivity (Wildman–Crippen MR) is 112 cm³/mol. The molecule has 30 heavy (non-hydrogen) atoms. The van der Waals surface area contributed by atoms with Gasteiger partial charge in [-0.1, -0.05) is 43.0 Å². The van der Waals surface area contributed by atoms with Crippen LogP contribution in [0, 0.1) is 13.5 Å². The highest BCUT2D eigenvalue weighted by atomic mass is 16.5. The molecular formula is C22H15N5O3. The van der Waals surface area contributed by atoms with E-state index in [2.05, 4.69) is 19.9 Å².